The van der Waals surface area contributed by atoms with Crippen molar-refractivity contribution in [2.75, 3.05) is 20.3 Å². The fourth-order valence-corrected chi connectivity index (χ4v) is 3.48. The van der Waals surface area contributed by atoms with Gasteiger partial charge in [-0.05, 0) is 25.8 Å². The normalized spacial score (nSPS) is 23.3. The average Bonchev–Trinajstić information content (AvgIpc) is 2.98. The maximum atomic E-state index is 5.79. The first kappa shape index (κ1) is 14.8. The number of methoxy groups -OCH3 is 1. The van der Waals surface area contributed by atoms with Gasteiger partial charge in [-0.3, -0.25) is 0 Å². The summed E-state index contributed by atoms with van der Waals surface area (Å²) in [4.78, 5) is 0. The zero-order valence-corrected chi connectivity index (χ0v) is 12.9. The van der Waals surface area contributed by atoms with E-state index in [0.717, 1.165) is 44.6 Å². The summed E-state index contributed by atoms with van der Waals surface area (Å²) in [7, 11) is 1.73. The van der Waals surface area contributed by atoms with Crippen LogP contribution in [0.1, 0.15) is 44.2 Å². The van der Waals surface area contributed by atoms with E-state index in [1.165, 1.54) is 5.56 Å². The van der Waals surface area contributed by atoms with Crippen LogP contribution in [0.2, 0.25) is 0 Å². The van der Waals surface area contributed by atoms with E-state index in [0.29, 0.717) is 6.04 Å². The molecule has 2 aliphatic rings. The van der Waals surface area contributed by atoms with Gasteiger partial charge in [0.1, 0.15) is 5.75 Å². The lowest BCUT2D eigenvalue weighted by atomic mass is 9.89. The molecule has 4 nitrogen and oxygen atoms in total. The Morgan fingerprint density at radius 3 is 2.52 bits per heavy atom. The van der Waals surface area contributed by atoms with Crippen molar-refractivity contribution in [2.24, 2.45) is 0 Å². The molecule has 4 heteroatoms. The van der Waals surface area contributed by atoms with E-state index in [-0.39, 0.29) is 11.8 Å². The highest BCUT2D eigenvalue weighted by Crippen LogP contribution is 2.36. The molecule has 1 aliphatic carbocycles. The SMILES string of the molecule is COc1ccccc1[C@H](C)NC1CCC2(CC1)OCCO2. The molecular formula is C17H25NO3. The molecule has 21 heavy (non-hydrogen) atoms. The third-order valence-corrected chi connectivity index (χ3v) is 4.65. The molecule has 0 bridgehead atoms. The van der Waals surface area contributed by atoms with Crippen LogP contribution < -0.4 is 10.1 Å². The number of hydrogen-bond acceptors (Lipinski definition) is 4. The van der Waals surface area contributed by atoms with Crippen LogP contribution in [0, 0.1) is 0 Å². The Morgan fingerprint density at radius 2 is 1.86 bits per heavy atom. The summed E-state index contributed by atoms with van der Waals surface area (Å²) in [5.41, 5.74) is 1.22. The molecule has 0 unspecified atom stereocenters. The van der Waals surface area contributed by atoms with Crippen LogP contribution in [-0.4, -0.2) is 32.2 Å². The van der Waals surface area contributed by atoms with Crippen molar-refractivity contribution in [2.45, 2.75) is 50.5 Å². The fraction of sp³-hybridized carbons (Fsp3) is 0.647. The van der Waals surface area contributed by atoms with Crippen LogP contribution in [0.5, 0.6) is 5.75 Å². The smallest absolute Gasteiger partial charge is 0.168 e. The first-order chi connectivity index (χ1) is 10.2. The summed E-state index contributed by atoms with van der Waals surface area (Å²) in [6.07, 6.45) is 4.17. The number of para-hydroxylation sites is 1. The monoisotopic (exact) mass is 291 g/mol. The van der Waals surface area contributed by atoms with Gasteiger partial charge in [0.2, 0.25) is 0 Å². The fourth-order valence-electron chi connectivity index (χ4n) is 3.48. The maximum Gasteiger partial charge on any atom is 0.168 e. The van der Waals surface area contributed by atoms with Crippen molar-refractivity contribution < 1.29 is 14.2 Å². The quantitative estimate of drug-likeness (QED) is 0.925. The van der Waals surface area contributed by atoms with Crippen LogP contribution in [0.4, 0.5) is 0 Å². The molecule has 1 spiro atoms. The third-order valence-electron chi connectivity index (χ3n) is 4.65. The molecular weight excluding hydrogens is 266 g/mol. The Balaban J connectivity index is 1.57. The van der Waals surface area contributed by atoms with Crippen molar-refractivity contribution in [3.05, 3.63) is 29.8 Å². The summed E-state index contributed by atoms with van der Waals surface area (Å²) in [5.74, 6) is 0.679. The van der Waals surface area contributed by atoms with E-state index in [1.54, 1.807) is 7.11 Å². The first-order valence-corrected chi connectivity index (χ1v) is 7.89. The second kappa shape index (κ2) is 6.34. The highest BCUT2D eigenvalue weighted by atomic mass is 16.7. The van der Waals surface area contributed by atoms with Gasteiger partial charge in [-0.15, -0.1) is 0 Å². The summed E-state index contributed by atoms with van der Waals surface area (Å²) >= 11 is 0. The first-order valence-electron chi connectivity index (χ1n) is 7.89. The number of benzene rings is 1. The van der Waals surface area contributed by atoms with E-state index in [9.17, 15) is 0 Å². The van der Waals surface area contributed by atoms with Crippen LogP contribution in [0.25, 0.3) is 0 Å². The van der Waals surface area contributed by atoms with E-state index in [4.69, 9.17) is 14.2 Å². The molecule has 0 aromatic heterocycles. The molecule has 116 valence electrons. The van der Waals surface area contributed by atoms with Crippen molar-refractivity contribution in [3.63, 3.8) is 0 Å². The highest BCUT2D eigenvalue weighted by molar-refractivity contribution is 5.35. The molecule has 2 fully saturated rings. The Morgan fingerprint density at radius 1 is 1.19 bits per heavy atom. The van der Waals surface area contributed by atoms with Gasteiger partial charge in [-0.2, -0.15) is 0 Å². The molecule has 1 aromatic carbocycles. The topological polar surface area (TPSA) is 39.7 Å². The summed E-state index contributed by atoms with van der Waals surface area (Å²) in [6, 6.07) is 9.02. The van der Waals surface area contributed by atoms with Crippen LogP contribution >= 0.6 is 0 Å². The van der Waals surface area contributed by atoms with E-state index in [1.807, 2.05) is 12.1 Å². The van der Waals surface area contributed by atoms with Gasteiger partial charge >= 0.3 is 0 Å². The second-order valence-corrected chi connectivity index (χ2v) is 6.01. The highest BCUT2D eigenvalue weighted by Gasteiger charge is 2.40. The predicted molar refractivity (Wildman–Crippen MR) is 81.4 cm³/mol. The lowest BCUT2D eigenvalue weighted by molar-refractivity contribution is -0.179. The minimum Gasteiger partial charge on any atom is -0.496 e. The lowest BCUT2D eigenvalue weighted by Crippen LogP contribution is -2.42. The predicted octanol–water partition coefficient (Wildman–Crippen LogP) is 3.03. The minimum absolute atomic E-state index is 0.272. The summed E-state index contributed by atoms with van der Waals surface area (Å²) in [6.45, 7) is 3.69. The van der Waals surface area contributed by atoms with E-state index >= 15 is 0 Å². The number of rotatable bonds is 4. The van der Waals surface area contributed by atoms with Gasteiger partial charge in [0.25, 0.3) is 0 Å². The minimum atomic E-state index is -0.272. The lowest BCUT2D eigenvalue weighted by Gasteiger charge is -2.37. The van der Waals surface area contributed by atoms with Gasteiger partial charge < -0.3 is 19.5 Å². The summed E-state index contributed by atoms with van der Waals surface area (Å²) < 4.78 is 17.0. The molecule has 3 rings (SSSR count). The number of ether oxygens (including phenoxy) is 3. The van der Waals surface area contributed by atoms with Gasteiger partial charge in [0.05, 0.1) is 20.3 Å². The van der Waals surface area contributed by atoms with Crippen molar-refractivity contribution in [1.29, 1.82) is 0 Å². The van der Waals surface area contributed by atoms with Gasteiger partial charge in [-0.1, -0.05) is 18.2 Å². The molecule has 0 amide bonds. The van der Waals surface area contributed by atoms with Crippen LogP contribution in [0.15, 0.2) is 24.3 Å². The van der Waals surface area contributed by atoms with Crippen LogP contribution in [-0.2, 0) is 9.47 Å². The number of hydrogen-bond donors (Lipinski definition) is 1. The van der Waals surface area contributed by atoms with Gasteiger partial charge in [0.15, 0.2) is 5.79 Å². The Hall–Kier alpha value is -1.10. The number of nitrogens with one attached hydrogen (secondary N) is 1. The van der Waals surface area contributed by atoms with Crippen molar-refractivity contribution in [3.8, 4) is 5.75 Å². The Kier molecular flexibility index (Phi) is 4.48. The zero-order valence-electron chi connectivity index (χ0n) is 12.9. The zero-order chi connectivity index (χ0) is 14.7. The van der Waals surface area contributed by atoms with Gasteiger partial charge in [0, 0.05) is 30.5 Å². The van der Waals surface area contributed by atoms with Crippen molar-refractivity contribution in [1.82, 2.24) is 5.32 Å². The molecule has 1 saturated heterocycles. The second-order valence-electron chi connectivity index (χ2n) is 6.01. The molecule has 0 radical (unpaired) electrons. The maximum absolute atomic E-state index is 5.79. The Labute approximate surface area is 126 Å². The third kappa shape index (κ3) is 3.23. The average molecular weight is 291 g/mol. The van der Waals surface area contributed by atoms with Gasteiger partial charge in [-0.25, -0.2) is 0 Å². The van der Waals surface area contributed by atoms with Crippen molar-refractivity contribution >= 4 is 0 Å². The molecule has 1 aromatic rings. The van der Waals surface area contributed by atoms with Crippen LogP contribution in [0.3, 0.4) is 0 Å². The molecule has 1 atom stereocenters. The van der Waals surface area contributed by atoms with E-state index < -0.39 is 0 Å². The largest absolute Gasteiger partial charge is 0.496 e. The molecule has 1 saturated carbocycles. The summed E-state index contributed by atoms with van der Waals surface area (Å²) in [5, 5.41) is 3.73. The molecule has 1 aliphatic heterocycles. The van der Waals surface area contributed by atoms with E-state index in [2.05, 4.69) is 24.4 Å². The molecule has 1 heterocycles. The standard InChI is InChI=1S/C17H25NO3/c1-13(15-5-3-4-6-16(15)19-2)18-14-7-9-17(10-8-14)20-11-12-21-17/h3-6,13-14,18H,7-12H2,1-2H3/t13-/m0/s1. The molecule has 1 N–H and O–H groups in total. The Bertz CT molecular complexity index is 461.